The zero-order chi connectivity index (χ0) is 19.2. The molecule has 1 aromatic carbocycles. The second kappa shape index (κ2) is 6.95. The maximum Gasteiger partial charge on any atom is 0.214 e. The predicted octanol–water partition coefficient (Wildman–Crippen LogP) is 2.68. The summed E-state index contributed by atoms with van der Waals surface area (Å²) in [6.45, 7) is 5.30. The number of ether oxygens (including phenoxy) is 1. The fraction of sp³-hybridized carbons (Fsp3) is 0.550. The molecule has 4 rings (SSSR count). The van der Waals surface area contributed by atoms with Crippen LogP contribution in [0.15, 0.2) is 18.2 Å². The molecular weight excluding hydrogens is 362 g/mol. The van der Waals surface area contributed by atoms with Crippen LogP contribution in [-0.2, 0) is 29.9 Å². The zero-order valence-electron chi connectivity index (χ0n) is 16.2. The van der Waals surface area contributed by atoms with Crippen LogP contribution in [0.5, 0.6) is 5.75 Å². The van der Waals surface area contributed by atoms with E-state index in [0.717, 1.165) is 54.1 Å². The van der Waals surface area contributed by atoms with Gasteiger partial charge in [-0.25, -0.2) is 8.42 Å². The highest BCUT2D eigenvalue weighted by Crippen LogP contribution is 2.37. The topological polar surface area (TPSA) is 64.4 Å². The van der Waals surface area contributed by atoms with E-state index in [0.29, 0.717) is 13.0 Å². The number of sulfonamides is 1. The minimum absolute atomic E-state index is 0.0860. The summed E-state index contributed by atoms with van der Waals surface area (Å²) >= 11 is 0. The van der Waals surface area contributed by atoms with E-state index >= 15 is 0 Å². The molecule has 146 valence electrons. The fourth-order valence-corrected chi connectivity index (χ4v) is 6.13. The van der Waals surface area contributed by atoms with Crippen LogP contribution < -0.4 is 4.74 Å². The first-order valence-corrected chi connectivity index (χ1v) is 11.2. The Hall–Kier alpha value is -1.86. The van der Waals surface area contributed by atoms with E-state index in [4.69, 9.17) is 4.74 Å². The van der Waals surface area contributed by atoms with Crippen LogP contribution in [0.25, 0.3) is 0 Å². The molecule has 6 nitrogen and oxygen atoms in total. The van der Waals surface area contributed by atoms with Gasteiger partial charge in [0, 0.05) is 31.3 Å². The SMILES string of the molecule is Cc1nn(C)c(C)c1C1CCCN1S(=O)(=O)CCc1ccc2c(c1)CCO2. The standard InChI is InChI=1S/C20H27N3O3S/c1-14-20(15(2)22(3)21-14)18-5-4-10-23(18)27(24,25)12-9-16-6-7-19-17(13-16)8-11-26-19/h6-7,13,18H,4-5,8-12H2,1-3H3. The van der Waals surface area contributed by atoms with Gasteiger partial charge in [-0.1, -0.05) is 12.1 Å². The Morgan fingerprint density at radius 2 is 2.11 bits per heavy atom. The van der Waals surface area contributed by atoms with Crippen LogP contribution >= 0.6 is 0 Å². The number of aryl methyl sites for hydroxylation is 3. The van der Waals surface area contributed by atoms with Gasteiger partial charge in [-0.15, -0.1) is 0 Å². The average Bonchev–Trinajstić information content (AvgIpc) is 3.33. The van der Waals surface area contributed by atoms with E-state index in [9.17, 15) is 8.42 Å². The molecule has 27 heavy (non-hydrogen) atoms. The summed E-state index contributed by atoms with van der Waals surface area (Å²) in [6, 6.07) is 5.95. The lowest BCUT2D eigenvalue weighted by molar-refractivity contribution is 0.357. The molecule has 7 heteroatoms. The molecule has 2 aromatic rings. The molecule has 0 saturated carbocycles. The number of hydrogen-bond acceptors (Lipinski definition) is 4. The van der Waals surface area contributed by atoms with Crippen molar-refractivity contribution in [1.29, 1.82) is 0 Å². The van der Waals surface area contributed by atoms with Crippen molar-refractivity contribution in [3.05, 3.63) is 46.3 Å². The fourth-order valence-electron chi connectivity index (χ4n) is 4.39. The van der Waals surface area contributed by atoms with Crippen molar-refractivity contribution in [2.75, 3.05) is 18.9 Å². The number of benzene rings is 1. The largest absolute Gasteiger partial charge is 0.493 e. The normalized spacial score (nSPS) is 20.0. The summed E-state index contributed by atoms with van der Waals surface area (Å²) in [7, 11) is -1.41. The lowest BCUT2D eigenvalue weighted by Gasteiger charge is -2.24. The molecule has 1 atom stereocenters. The van der Waals surface area contributed by atoms with Crippen LogP contribution in [0.2, 0.25) is 0 Å². The summed E-state index contributed by atoms with van der Waals surface area (Å²) in [5.74, 6) is 1.07. The number of fused-ring (bicyclic) bond motifs is 1. The number of rotatable bonds is 5. The molecule has 2 aliphatic rings. The zero-order valence-corrected chi connectivity index (χ0v) is 17.1. The van der Waals surface area contributed by atoms with Crippen molar-refractivity contribution < 1.29 is 13.2 Å². The Bertz CT molecular complexity index is 965. The molecule has 1 aromatic heterocycles. The van der Waals surface area contributed by atoms with Crippen LogP contribution in [0.1, 0.15) is 47.0 Å². The van der Waals surface area contributed by atoms with E-state index in [1.54, 1.807) is 4.31 Å². The van der Waals surface area contributed by atoms with Gasteiger partial charge in [-0.2, -0.15) is 9.40 Å². The van der Waals surface area contributed by atoms with Crippen molar-refractivity contribution in [2.24, 2.45) is 7.05 Å². The van der Waals surface area contributed by atoms with Gasteiger partial charge >= 0.3 is 0 Å². The maximum absolute atomic E-state index is 13.1. The molecule has 1 saturated heterocycles. The summed E-state index contributed by atoms with van der Waals surface area (Å²) < 4.78 is 35.3. The highest BCUT2D eigenvalue weighted by molar-refractivity contribution is 7.89. The molecule has 0 radical (unpaired) electrons. The van der Waals surface area contributed by atoms with Crippen LogP contribution in [0.3, 0.4) is 0 Å². The number of aromatic nitrogens is 2. The first kappa shape index (κ1) is 18.5. The second-order valence-electron chi connectivity index (χ2n) is 7.58. The maximum atomic E-state index is 13.1. The smallest absolute Gasteiger partial charge is 0.214 e. The molecule has 0 N–H and O–H groups in total. The summed E-state index contributed by atoms with van der Waals surface area (Å²) in [4.78, 5) is 0. The van der Waals surface area contributed by atoms with Crippen LogP contribution in [0, 0.1) is 13.8 Å². The Kier molecular flexibility index (Phi) is 4.76. The number of hydrogen-bond donors (Lipinski definition) is 0. The van der Waals surface area contributed by atoms with Crippen LogP contribution in [-0.4, -0.2) is 41.4 Å². The van der Waals surface area contributed by atoms with Gasteiger partial charge in [0.25, 0.3) is 0 Å². The predicted molar refractivity (Wildman–Crippen MR) is 104 cm³/mol. The third-order valence-corrected chi connectivity index (χ3v) is 7.73. The van der Waals surface area contributed by atoms with Gasteiger partial charge < -0.3 is 4.74 Å². The van der Waals surface area contributed by atoms with Crippen LogP contribution in [0.4, 0.5) is 0 Å². The third kappa shape index (κ3) is 3.38. The Balaban J connectivity index is 1.52. The monoisotopic (exact) mass is 389 g/mol. The van der Waals surface area contributed by atoms with Crippen molar-refractivity contribution >= 4 is 10.0 Å². The number of nitrogens with zero attached hydrogens (tertiary/aromatic N) is 3. The van der Waals surface area contributed by atoms with Gasteiger partial charge in [0.2, 0.25) is 10.0 Å². The summed E-state index contributed by atoms with van der Waals surface area (Å²) in [5, 5.41) is 4.48. The highest BCUT2D eigenvalue weighted by atomic mass is 32.2. The van der Waals surface area contributed by atoms with Gasteiger partial charge in [0.1, 0.15) is 5.75 Å². The minimum atomic E-state index is -3.33. The molecule has 0 spiro atoms. The lowest BCUT2D eigenvalue weighted by atomic mass is 10.0. The molecule has 2 aliphatic heterocycles. The van der Waals surface area contributed by atoms with E-state index in [-0.39, 0.29) is 11.8 Å². The lowest BCUT2D eigenvalue weighted by Crippen LogP contribution is -2.33. The second-order valence-corrected chi connectivity index (χ2v) is 9.62. The van der Waals surface area contributed by atoms with Crippen molar-refractivity contribution in [3.8, 4) is 5.75 Å². The minimum Gasteiger partial charge on any atom is -0.493 e. The summed E-state index contributed by atoms with van der Waals surface area (Å²) in [6.07, 6.45) is 3.20. The van der Waals surface area contributed by atoms with Crippen molar-refractivity contribution in [1.82, 2.24) is 14.1 Å². The third-order valence-electron chi connectivity index (χ3n) is 5.86. The quantitative estimate of drug-likeness (QED) is 0.789. The average molecular weight is 390 g/mol. The van der Waals surface area contributed by atoms with Gasteiger partial charge in [0.15, 0.2) is 0 Å². The van der Waals surface area contributed by atoms with E-state index in [2.05, 4.69) is 11.2 Å². The molecule has 0 amide bonds. The Labute approximate surface area is 161 Å². The van der Waals surface area contributed by atoms with Gasteiger partial charge in [0.05, 0.1) is 24.1 Å². The van der Waals surface area contributed by atoms with Crippen molar-refractivity contribution in [2.45, 2.75) is 45.6 Å². The van der Waals surface area contributed by atoms with Gasteiger partial charge in [-0.3, -0.25) is 4.68 Å². The molecule has 3 heterocycles. The van der Waals surface area contributed by atoms with Crippen molar-refractivity contribution in [3.63, 3.8) is 0 Å². The Morgan fingerprint density at radius 3 is 2.85 bits per heavy atom. The van der Waals surface area contributed by atoms with E-state index < -0.39 is 10.0 Å². The molecule has 1 fully saturated rings. The Morgan fingerprint density at radius 1 is 1.30 bits per heavy atom. The first-order chi connectivity index (χ1) is 12.9. The molecule has 0 bridgehead atoms. The van der Waals surface area contributed by atoms with E-state index in [1.807, 2.05) is 37.7 Å². The first-order valence-electron chi connectivity index (χ1n) is 9.61. The highest BCUT2D eigenvalue weighted by Gasteiger charge is 2.37. The van der Waals surface area contributed by atoms with Gasteiger partial charge in [-0.05, 0) is 50.3 Å². The van der Waals surface area contributed by atoms with E-state index in [1.165, 1.54) is 5.56 Å². The summed E-state index contributed by atoms with van der Waals surface area (Å²) in [5.41, 5.74) is 5.31. The molecular formula is C20H27N3O3S. The molecule has 1 unspecified atom stereocenters. The molecule has 0 aliphatic carbocycles.